The molecular formula is C21H25Cl2N3O2. The molecule has 0 bridgehead atoms. The van der Waals surface area contributed by atoms with Crippen LogP contribution in [0.5, 0.6) is 5.75 Å². The second-order valence-corrected chi connectivity index (χ2v) is 7.80. The molecule has 2 aromatic carbocycles. The highest BCUT2D eigenvalue weighted by atomic mass is 35.5. The number of benzene rings is 2. The molecule has 3 rings (SSSR count). The molecule has 1 amide bonds. The number of piperazine rings is 1. The number of methoxy groups -OCH3 is 1. The van der Waals surface area contributed by atoms with Gasteiger partial charge in [-0.2, -0.15) is 0 Å². The zero-order valence-electron chi connectivity index (χ0n) is 16.2. The van der Waals surface area contributed by atoms with Crippen LogP contribution in [0.3, 0.4) is 0 Å². The van der Waals surface area contributed by atoms with E-state index in [1.165, 1.54) is 0 Å². The first-order chi connectivity index (χ1) is 13.5. The van der Waals surface area contributed by atoms with Crippen molar-refractivity contribution in [1.82, 2.24) is 9.80 Å². The van der Waals surface area contributed by atoms with Gasteiger partial charge in [0.15, 0.2) is 0 Å². The van der Waals surface area contributed by atoms with Gasteiger partial charge in [0.1, 0.15) is 5.75 Å². The van der Waals surface area contributed by atoms with Crippen molar-refractivity contribution in [3.05, 3.63) is 58.1 Å². The van der Waals surface area contributed by atoms with Crippen molar-refractivity contribution in [3.63, 3.8) is 0 Å². The molecular weight excluding hydrogens is 397 g/mol. The lowest BCUT2D eigenvalue weighted by molar-refractivity contribution is -0.132. The summed E-state index contributed by atoms with van der Waals surface area (Å²) in [6, 6.07) is 13.6. The molecule has 0 aromatic heterocycles. The number of likely N-dealkylation sites (N-methyl/N-ethyl adjacent to an activating group) is 1. The van der Waals surface area contributed by atoms with Gasteiger partial charge in [0.25, 0.3) is 0 Å². The van der Waals surface area contributed by atoms with E-state index in [0.29, 0.717) is 23.1 Å². The van der Waals surface area contributed by atoms with Crippen molar-refractivity contribution in [3.8, 4) is 5.75 Å². The van der Waals surface area contributed by atoms with E-state index in [-0.39, 0.29) is 5.91 Å². The summed E-state index contributed by atoms with van der Waals surface area (Å²) in [7, 11) is 3.60. The van der Waals surface area contributed by atoms with E-state index >= 15 is 0 Å². The quantitative estimate of drug-likeness (QED) is 0.710. The van der Waals surface area contributed by atoms with Gasteiger partial charge in [-0.25, -0.2) is 0 Å². The van der Waals surface area contributed by atoms with E-state index in [1.54, 1.807) is 13.2 Å². The molecule has 1 aliphatic heterocycles. The minimum Gasteiger partial charge on any atom is -0.497 e. The first kappa shape index (κ1) is 20.8. The number of carbonyl (C=O) groups is 1. The maximum absolute atomic E-state index is 12.6. The van der Waals surface area contributed by atoms with Crippen LogP contribution in [0.15, 0.2) is 42.5 Å². The molecule has 0 saturated carbocycles. The number of hydrogen-bond donors (Lipinski definition) is 0. The van der Waals surface area contributed by atoms with Crippen molar-refractivity contribution >= 4 is 34.8 Å². The summed E-state index contributed by atoms with van der Waals surface area (Å²) in [5.74, 6) is 1.000. The Morgan fingerprint density at radius 3 is 2.32 bits per heavy atom. The van der Waals surface area contributed by atoms with Crippen LogP contribution in [0.1, 0.15) is 5.56 Å². The lowest BCUT2D eigenvalue weighted by Gasteiger charge is -2.36. The average molecular weight is 422 g/mol. The fourth-order valence-electron chi connectivity index (χ4n) is 3.34. The van der Waals surface area contributed by atoms with Crippen LogP contribution in [0.25, 0.3) is 0 Å². The minimum atomic E-state index is 0.150. The molecule has 28 heavy (non-hydrogen) atoms. The van der Waals surface area contributed by atoms with Crippen LogP contribution in [0.2, 0.25) is 10.0 Å². The largest absolute Gasteiger partial charge is 0.497 e. The van der Waals surface area contributed by atoms with E-state index in [0.717, 1.165) is 43.2 Å². The highest BCUT2D eigenvalue weighted by Gasteiger charge is 2.22. The van der Waals surface area contributed by atoms with Gasteiger partial charge in [0, 0.05) is 38.4 Å². The Kier molecular flexibility index (Phi) is 7.05. The Morgan fingerprint density at radius 2 is 1.71 bits per heavy atom. The SMILES string of the molecule is COc1ccc(N2CCN(C(=O)CN(C)Cc3ccc(Cl)c(Cl)c3)CC2)cc1. The summed E-state index contributed by atoms with van der Waals surface area (Å²) in [5, 5.41) is 1.08. The third-order valence-electron chi connectivity index (χ3n) is 4.91. The monoisotopic (exact) mass is 421 g/mol. The Labute approximate surface area is 176 Å². The fraction of sp³-hybridized carbons (Fsp3) is 0.381. The van der Waals surface area contributed by atoms with Crippen LogP contribution in [0.4, 0.5) is 5.69 Å². The smallest absolute Gasteiger partial charge is 0.236 e. The minimum absolute atomic E-state index is 0.150. The zero-order chi connectivity index (χ0) is 20.1. The second-order valence-electron chi connectivity index (χ2n) is 6.99. The Bertz CT molecular complexity index is 806. The molecule has 7 heteroatoms. The number of anilines is 1. The number of ether oxygens (including phenoxy) is 1. The van der Waals surface area contributed by atoms with Crippen LogP contribution in [-0.2, 0) is 11.3 Å². The van der Waals surface area contributed by atoms with Crippen LogP contribution in [0, 0.1) is 0 Å². The van der Waals surface area contributed by atoms with E-state index in [1.807, 2.05) is 41.1 Å². The first-order valence-electron chi connectivity index (χ1n) is 9.25. The van der Waals surface area contributed by atoms with Crippen LogP contribution < -0.4 is 9.64 Å². The molecule has 150 valence electrons. The molecule has 0 N–H and O–H groups in total. The van der Waals surface area contributed by atoms with E-state index < -0.39 is 0 Å². The van der Waals surface area contributed by atoms with E-state index in [4.69, 9.17) is 27.9 Å². The maximum atomic E-state index is 12.6. The molecule has 2 aromatic rings. The highest BCUT2D eigenvalue weighted by Crippen LogP contribution is 2.23. The number of nitrogens with zero attached hydrogens (tertiary/aromatic N) is 3. The van der Waals surface area contributed by atoms with Crippen molar-refractivity contribution in [2.75, 3.05) is 51.8 Å². The van der Waals surface area contributed by atoms with Crippen LogP contribution in [-0.4, -0.2) is 62.6 Å². The number of halogens is 2. The van der Waals surface area contributed by atoms with Gasteiger partial charge in [0.2, 0.25) is 5.91 Å². The molecule has 1 aliphatic rings. The van der Waals surface area contributed by atoms with Crippen molar-refractivity contribution < 1.29 is 9.53 Å². The first-order valence-corrected chi connectivity index (χ1v) is 10.0. The van der Waals surface area contributed by atoms with Gasteiger partial charge in [-0.15, -0.1) is 0 Å². The Balaban J connectivity index is 1.48. The predicted molar refractivity (Wildman–Crippen MR) is 115 cm³/mol. The molecule has 1 heterocycles. The molecule has 0 unspecified atom stereocenters. The summed E-state index contributed by atoms with van der Waals surface area (Å²) < 4.78 is 5.21. The number of hydrogen-bond acceptors (Lipinski definition) is 4. The van der Waals surface area contributed by atoms with Crippen molar-refractivity contribution in [2.45, 2.75) is 6.54 Å². The normalized spacial score (nSPS) is 14.5. The predicted octanol–water partition coefficient (Wildman–Crippen LogP) is 3.78. The molecule has 0 spiro atoms. The van der Waals surface area contributed by atoms with E-state index in [2.05, 4.69) is 17.0 Å². The average Bonchev–Trinajstić information content (AvgIpc) is 2.71. The summed E-state index contributed by atoms with van der Waals surface area (Å²) >= 11 is 12.0. The summed E-state index contributed by atoms with van der Waals surface area (Å²) in [5.41, 5.74) is 2.19. The number of amides is 1. The van der Waals surface area contributed by atoms with Gasteiger partial charge in [0.05, 0.1) is 23.7 Å². The lowest BCUT2D eigenvalue weighted by atomic mass is 10.2. The maximum Gasteiger partial charge on any atom is 0.236 e. The van der Waals surface area contributed by atoms with Crippen LogP contribution >= 0.6 is 23.2 Å². The van der Waals surface area contributed by atoms with Gasteiger partial charge < -0.3 is 14.5 Å². The topological polar surface area (TPSA) is 36.0 Å². The summed E-state index contributed by atoms with van der Waals surface area (Å²) in [6.45, 7) is 4.14. The number of carbonyl (C=O) groups excluding carboxylic acids is 1. The molecule has 0 aliphatic carbocycles. The second kappa shape index (κ2) is 9.50. The van der Waals surface area contributed by atoms with Crippen molar-refractivity contribution in [2.24, 2.45) is 0 Å². The van der Waals surface area contributed by atoms with Gasteiger partial charge >= 0.3 is 0 Å². The highest BCUT2D eigenvalue weighted by molar-refractivity contribution is 6.42. The fourth-order valence-corrected chi connectivity index (χ4v) is 3.66. The molecule has 1 fully saturated rings. The molecule has 5 nitrogen and oxygen atoms in total. The summed E-state index contributed by atoms with van der Waals surface area (Å²) in [6.07, 6.45) is 0. The zero-order valence-corrected chi connectivity index (χ0v) is 17.7. The standard InChI is InChI=1S/C21H25Cl2N3O2/c1-24(14-16-3-8-19(22)20(23)13-16)15-21(27)26-11-9-25(10-12-26)17-4-6-18(28-2)7-5-17/h3-8,13H,9-12,14-15H2,1-2H3. The number of rotatable bonds is 6. The van der Waals surface area contributed by atoms with Gasteiger partial charge in [-0.1, -0.05) is 29.3 Å². The Morgan fingerprint density at radius 1 is 1.04 bits per heavy atom. The van der Waals surface area contributed by atoms with Gasteiger partial charge in [-0.3, -0.25) is 9.69 Å². The van der Waals surface area contributed by atoms with E-state index in [9.17, 15) is 4.79 Å². The van der Waals surface area contributed by atoms with Crippen molar-refractivity contribution in [1.29, 1.82) is 0 Å². The molecule has 1 saturated heterocycles. The third-order valence-corrected chi connectivity index (χ3v) is 5.65. The Hall–Kier alpha value is -1.95. The molecule has 0 atom stereocenters. The summed E-state index contributed by atoms with van der Waals surface area (Å²) in [4.78, 5) is 18.9. The van der Waals surface area contributed by atoms with Gasteiger partial charge in [-0.05, 0) is 49.0 Å². The molecule has 0 radical (unpaired) electrons. The third kappa shape index (κ3) is 5.31. The lowest BCUT2D eigenvalue weighted by Crippen LogP contribution is -2.51.